The standard InChI is InChI=1S/C57H109NO5/c1-3-5-7-9-11-13-15-17-26-29-33-37-41-45-49-55(60)54(53-59)58-56(61)50-46-42-38-34-30-27-23-21-19-18-20-22-24-28-32-36-40-44-48-52-63-57(62)51-47-43-39-35-31-25-16-14-12-10-8-6-4-2/h8,10,14,16,54-55,59-60H,3-7,9,11-13,15,17-53H2,1-2H3,(H,58,61)/b10-8-,16-14-. The number of nitrogens with one attached hydrogen (secondary N) is 1. The van der Waals surface area contributed by atoms with Crippen molar-refractivity contribution in [3.63, 3.8) is 0 Å². The minimum atomic E-state index is -0.665. The maximum absolute atomic E-state index is 12.5. The fourth-order valence-corrected chi connectivity index (χ4v) is 8.68. The number of rotatable bonds is 52. The molecular weight excluding hydrogens is 779 g/mol. The molecule has 6 nitrogen and oxygen atoms in total. The summed E-state index contributed by atoms with van der Waals surface area (Å²) in [6.07, 6.45) is 63.0. The van der Waals surface area contributed by atoms with Crippen LogP contribution in [-0.4, -0.2) is 47.4 Å². The van der Waals surface area contributed by atoms with Crippen LogP contribution in [0.2, 0.25) is 0 Å². The highest BCUT2D eigenvalue weighted by Crippen LogP contribution is 2.17. The Balaban J connectivity index is 3.40. The molecule has 0 aromatic rings. The van der Waals surface area contributed by atoms with Crippen LogP contribution in [-0.2, 0) is 14.3 Å². The number of ether oxygens (including phenoxy) is 1. The molecule has 0 spiro atoms. The molecular formula is C57H109NO5. The summed E-state index contributed by atoms with van der Waals surface area (Å²) in [7, 11) is 0. The van der Waals surface area contributed by atoms with Gasteiger partial charge in [0.15, 0.2) is 0 Å². The highest BCUT2D eigenvalue weighted by molar-refractivity contribution is 5.76. The first-order chi connectivity index (χ1) is 31.0. The summed E-state index contributed by atoms with van der Waals surface area (Å²) < 4.78 is 5.46. The third kappa shape index (κ3) is 49.6. The molecule has 0 aliphatic heterocycles. The lowest BCUT2D eigenvalue weighted by atomic mass is 10.0. The predicted octanol–water partition coefficient (Wildman–Crippen LogP) is 17.1. The van der Waals surface area contributed by atoms with Crippen molar-refractivity contribution in [3.05, 3.63) is 24.3 Å². The number of amides is 1. The number of aliphatic hydroxyl groups excluding tert-OH is 2. The van der Waals surface area contributed by atoms with Crippen molar-refractivity contribution < 1.29 is 24.5 Å². The Morgan fingerprint density at radius 3 is 1.27 bits per heavy atom. The summed E-state index contributed by atoms with van der Waals surface area (Å²) in [6, 6.07) is -0.543. The van der Waals surface area contributed by atoms with E-state index in [9.17, 15) is 19.8 Å². The molecule has 0 saturated heterocycles. The number of carbonyl (C=O) groups is 2. The number of esters is 1. The zero-order valence-corrected chi connectivity index (χ0v) is 42.3. The highest BCUT2D eigenvalue weighted by Gasteiger charge is 2.20. The molecule has 0 fully saturated rings. The third-order valence-corrected chi connectivity index (χ3v) is 13.0. The first-order valence-electron chi connectivity index (χ1n) is 28.1. The first-order valence-corrected chi connectivity index (χ1v) is 28.1. The zero-order valence-electron chi connectivity index (χ0n) is 42.3. The predicted molar refractivity (Wildman–Crippen MR) is 273 cm³/mol. The third-order valence-electron chi connectivity index (χ3n) is 13.0. The van der Waals surface area contributed by atoms with Gasteiger partial charge in [-0.15, -0.1) is 0 Å². The Morgan fingerprint density at radius 1 is 0.444 bits per heavy atom. The minimum Gasteiger partial charge on any atom is -0.466 e. The van der Waals surface area contributed by atoms with Crippen molar-refractivity contribution in [2.45, 2.75) is 315 Å². The van der Waals surface area contributed by atoms with E-state index in [0.717, 1.165) is 51.4 Å². The quantitative estimate of drug-likeness (QED) is 0.0321. The molecule has 1 amide bonds. The minimum absolute atomic E-state index is 0.00622. The van der Waals surface area contributed by atoms with E-state index in [1.807, 2.05) is 0 Å². The van der Waals surface area contributed by atoms with Gasteiger partial charge in [-0.1, -0.05) is 263 Å². The largest absolute Gasteiger partial charge is 0.466 e. The normalized spacial score (nSPS) is 12.8. The molecule has 6 heteroatoms. The van der Waals surface area contributed by atoms with Gasteiger partial charge in [0, 0.05) is 12.8 Å². The summed E-state index contributed by atoms with van der Waals surface area (Å²) in [5.41, 5.74) is 0. The maximum atomic E-state index is 12.5. The average Bonchev–Trinajstić information content (AvgIpc) is 3.28. The number of allylic oxidation sites excluding steroid dienone is 4. The van der Waals surface area contributed by atoms with Crippen LogP contribution >= 0.6 is 0 Å². The van der Waals surface area contributed by atoms with Crippen molar-refractivity contribution in [1.82, 2.24) is 5.32 Å². The molecule has 0 aliphatic carbocycles. The summed E-state index contributed by atoms with van der Waals surface area (Å²) in [4.78, 5) is 24.5. The van der Waals surface area contributed by atoms with Gasteiger partial charge in [-0.05, 0) is 51.4 Å². The van der Waals surface area contributed by atoms with Crippen LogP contribution in [0.1, 0.15) is 303 Å². The van der Waals surface area contributed by atoms with Crippen molar-refractivity contribution in [1.29, 1.82) is 0 Å². The molecule has 0 bridgehead atoms. The van der Waals surface area contributed by atoms with E-state index in [4.69, 9.17) is 4.74 Å². The summed E-state index contributed by atoms with van der Waals surface area (Å²) in [5.74, 6) is -0.0435. The summed E-state index contributed by atoms with van der Waals surface area (Å²) in [5, 5.41) is 23.2. The average molecular weight is 889 g/mol. The summed E-state index contributed by atoms with van der Waals surface area (Å²) in [6.45, 7) is 4.88. The Bertz CT molecular complexity index is 982. The maximum Gasteiger partial charge on any atom is 0.305 e. The zero-order chi connectivity index (χ0) is 45.8. The lowest BCUT2D eigenvalue weighted by Gasteiger charge is -2.22. The Labute approximate surface area is 392 Å². The summed E-state index contributed by atoms with van der Waals surface area (Å²) >= 11 is 0. The van der Waals surface area contributed by atoms with Gasteiger partial charge in [0.1, 0.15) is 0 Å². The molecule has 2 unspecified atom stereocenters. The Kier molecular flexibility index (Phi) is 51.6. The Morgan fingerprint density at radius 2 is 0.825 bits per heavy atom. The second kappa shape index (κ2) is 53.0. The smallest absolute Gasteiger partial charge is 0.305 e. The molecule has 0 heterocycles. The Hall–Kier alpha value is -1.66. The van der Waals surface area contributed by atoms with Crippen molar-refractivity contribution in [2.75, 3.05) is 13.2 Å². The topological polar surface area (TPSA) is 95.9 Å². The molecule has 0 aliphatic rings. The van der Waals surface area contributed by atoms with E-state index in [1.165, 1.54) is 218 Å². The number of carbonyl (C=O) groups excluding carboxylic acids is 2. The molecule has 0 aromatic carbocycles. The van der Waals surface area contributed by atoms with E-state index in [-0.39, 0.29) is 18.5 Å². The van der Waals surface area contributed by atoms with Crippen LogP contribution in [0, 0.1) is 0 Å². The van der Waals surface area contributed by atoms with Gasteiger partial charge < -0.3 is 20.3 Å². The molecule has 3 N–H and O–H groups in total. The van der Waals surface area contributed by atoms with Crippen LogP contribution in [0.3, 0.4) is 0 Å². The lowest BCUT2D eigenvalue weighted by Crippen LogP contribution is -2.45. The number of hydrogen-bond acceptors (Lipinski definition) is 5. The van der Waals surface area contributed by atoms with E-state index in [0.29, 0.717) is 25.9 Å². The van der Waals surface area contributed by atoms with Crippen LogP contribution in [0.25, 0.3) is 0 Å². The molecule has 0 rings (SSSR count). The molecule has 0 radical (unpaired) electrons. The lowest BCUT2D eigenvalue weighted by molar-refractivity contribution is -0.143. The fraction of sp³-hybridized carbons (Fsp3) is 0.895. The SMILES string of the molecule is CCC/C=C\C/C=C\CCCCCCCC(=O)OCCCCCCCCCCCCCCCCCCCCCC(=O)NC(CO)C(O)CCCCCCCCCCCCCCCC. The van der Waals surface area contributed by atoms with E-state index >= 15 is 0 Å². The van der Waals surface area contributed by atoms with Gasteiger partial charge in [-0.25, -0.2) is 0 Å². The number of unbranched alkanes of at least 4 members (excludes halogenated alkanes) is 37. The van der Waals surface area contributed by atoms with Gasteiger partial charge in [0.25, 0.3) is 0 Å². The molecule has 372 valence electrons. The van der Waals surface area contributed by atoms with E-state index in [2.05, 4.69) is 43.5 Å². The monoisotopic (exact) mass is 888 g/mol. The van der Waals surface area contributed by atoms with Crippen molar-refractivity contribution in [3.8, 4) is 0 Å². The molecule has 2 atom stereocenters. The molecule has 0 saturated carbocycles. The van der Waals surface area contributed by atoms with Gasteiger partial charge in [-0.3, -0.25) is 9.59 Å². The first kappa shape index (κ1) is 61.3. The number of aliphatic hydroxyl groups is 2. The van der Waals surface area contributed by atoms with Crippen LogP contribution < -0.4 is 5.32 Å². The fourth-order valence-electron chi connectivity index (χ4n) is 8.68. The van der Waals surface area contributed by atoms with Crippen LogP contribution in [0.5, 0.6) is 0 Å². The van der Waals surface area contributed by atoms with Crippen LogP contribution in [0.15, 0.2) is 24.3 Å². The van der Waals surface area contributed by atoms with Crippen molar-refractivity contribution in [2.24, 2.45) is 0 Å². The molecule has 0 aromatic heterocycles. The number of hydrogen-bond donors (Lipinski definition) is 3. The van der Waals surface area contributed by atoms with Gasteiger partial charge in [0.05, 0.1) is 25.4 Å². The van der Waals surface area contributed by atoms with Crippen LogP contribution in [0.4, 0.5) is 0 Å². The highest BCUT2D eigenvalue weighted by atomic mass is 16.5. The van der Waals surface area contributed by atoms with Gasteiger partial charge >= 0.3 is 5.97 Å². The van der Waals surface area contributed by atoms with Gasteiger partial charge in [-0.2, -0.15) is 0 Å². The molecule has 63 heavy (non-hydrogen) atoms. The van der Waals surface area contributed by atoms with E-state index in [1.54, 1.807) is 0 Å². The second-order valence-electron chi connectivity index (χ2n) is 19.3. The van der Waals surface area contributed by atoms with Crippen molar-refractivity contribution >= 4 is 11.9 Å². The van der Waals surface area contributed by atoms with Gasteiger partial charge in [0.2, 0.25) is 5.91 Å². The van der Waals surface area contributed by atoms with E-state index < -0.39 is 12.1 Å². The second-order valence-corrected chi connectivity index (χ2v) is 19.3.